The molecule has 4 nitrogen and oxygen atoms in total. The number of hydrogen-bond acceptors (Lipinski definition) is 3. The summed E-state index contributed by atoms with van der Waals surface area (Å²) in [6.07, 6.45) is 2.28. The van der Waals surface area contributed by atoms with Gasteiger partial charge in [-0.2, -0.15) is 0 Å². The monoisotopic (exact) mass is 262 g/mol. The average molecular weight is 262 g/mol. The maximum absolute atomic E-state index is 11.7. The molecule has 0 atom stereocenters. The highest BCUT2D eigenvalue weighted by Crippen LogP contribution is 2.12. The van der Waals surface area contributed by atoms with Crippen LogP contribution in [0.4, 0.5) is 0 Å². The van der Waals surface area contributed by atoms with Crippen molar-refractivity contribution >= 4 is 5.91 Å². The van der Waals surface area contributed by atoms with Crippen molar-refractivity contribution in [2.45, 2.75) is 19.8 Å². The van der Waals surface area contributed by atoms with Crippen LogP contribution < -0.4 is 15.4 Å². The van der Waals surface area contributed by atoms with E-state index in [1.165, 1.54) is 0 Å². The van der Waals surface area contributed by atoms with E-state index in [0.29, 0.717) is 5.92 Å². The fourth-order valence-corrected chi connectivity index (χ4v) is 2.25. The van der Waals surface area contributed by atoms with Crippen LogP contribution in [0.3, 0.4) is 0 Å². The molecule has 0 aliphatic carbocycles. The van der Waals surface area contributed by atoms with Gasteiger partial charge in [0.15, 0.2) is 6.61 Å². The minimum atomic E-state index is -0.0416. The zero-order chi connectivity index (χ0) is 13.5. The first-order valence-electron chi connectivity index (χ1n) is 6.91. The summed E-state index contributed by atoms with van der Waals surface area (Å²) < 4.78 is 5.46. The molecule has 1 amide bonds. The molecule has 1 aromatic rings. The van der Waals surface area contributed by atoms with Gasteiger partial charge in [0, 0.05) is 6.54 Å². The van der Waals surface area contributed by atoms with Gasteiger partial charge in [0.1, 0.15) is 5.75 Å². The normalized spacial score (nSPS) is 16.1. The Bertz CT molecular complexity index is 414. The molecule has 2 rings (SSSR count). The van der Waals surface area contributed by atoms with Crippen molar-refractivity contribution < 1.29 is 9.53 Å². The van der Waals surface area contributed by atoms with E-state index in [-0.39, 0.29) is 12.5 Å². The van der Waals surface area contributed by atoms with Crippen LogP contribution in [0.1, 0.15) is 18.4 Å². The number of benzene rings is 1. The zero-order valence-corrected chi connectivity index (χ0v) is 11.4. The van der Waals surface area contributed by atoms with Crippen LogP contribution in [0.5, 0.6) is 5.75 Å². The van der Waals surface area contributed by atoms with Crippen LogP contribution in [0.2, 0.25) is 0 Å². The Balaban J connectivity index is 1.66. The van der Waals surface area contributed by atoms with Crippen LogP contribution in [0.25, 0.3) is 0 Å². The molecule has 1 fully saturated rings. The zero-order valence-electron chi connectivity index (χ0n) is 11.4. The van der Waals surface area contributed by atoms with E-state index in [2.05, 4.69) is 10.6 Å². The number of aryl methyl sites for hydroxylation is 1. The Morgan fingerprint density at radius 2 is 2.21 bits per heavy atom. The third kappa shape index (κ3) is 4.91. The van der Waals surface area contributed by atoms with Crippen LogP contribution >= 0.6 is 0 Å². The minimum absolute atomic E-state index is 0.0416. The van der Waals surface area contributed by atoms with E-state index in [0.717, 1.165) is 43.8 Å². The highest BCUT2D eigenvalue weighted by atomic mass is 16.5. The number of amides is 1. The van der Waals surface area contributed by atoms with E-state index in [1.807, 2.05) is 31.2 Å². The van der Waals surface area contributed by atoms with E-state index in [9.17, 15) is 4.79 Å². The molecule has 1 heterocycles. The highest BCUT2D eigenvalue weighted by molar-refractivity contribution is 5.77. The highest BCUT2D eigenvalue weighted by Gasteiger charge is 2.13. The van der Waals surface area contributed by atoms with E-state index in [1.54, 1.807) is 0 Å². The molecule has 0 radical (unpaired) electrons. The van der Waals surface area contributed by atoms with Crippen molar-refractivity contribution in [3.63, 3.8) is 0 Å². The van der Waals surface area contributed by atoms with Gasteiger partial charge in [-0.05, 0) is 56.5 Å². The van der Waals surface area contributed by atoms with E-state index < -0.39 is 0 Å². The Hall–Kier alpha value is -1.55. The lowest BCUT2D eigenvalue weighted by molar-refractivity contribution is -0.123. The molecule has 1 aliphatic heterocycles. The van der Waals surface area contributed by atoms with E-state index >= 15 is 0 Å². The van der Waals surface area contributed by atoms with Crippen LogP contribution in [-0.2, 0) is 4.79 Å². The lowest BCUT2D eigenvalue weighted by atomic mass is 9.98. The second kappa shape index (κ2) is 7.14. The number of nitrogens with one attached hydrogen (secondary N) is 2. The first-order valence-corrected chi connectivity index (χ1v) is 6.91. The summed E-state index contributed by atoms with van der Waals surface area (Å²) in [4.78, 5) is 11.7. The van der Waals surface area contributed by atoms with Gasteiger partial charge in [0.25, 0.3) is 5.91 Å². The smallest absolute Gasteiger partial charge is 0.257 e. The number of piperidine rings is 1. The summed E-state index contributed by atoms with van der Waals surface area (Å²) in [6, 6.07) is 7.73. The Morgan fingerprint density at radius 1 is 1.42 bits per heavy atom. The molecule has 4 heteroatoms. The first kappa shape index (κ1) is 13.9. The fourth-order valence-electron chi connectivity index (χ4n) is 2.25. The van der Waals surface area contributed by atoms with Crippen molar-refractivity contribution in [2.24, 2.45) is 5.92 Å². The summed E-state index contributed by atoms with van der Waals surface area (Å²) in [5.41, 5.74) is 1.13. The Kier molecular flexibility index (Phi) is 5.21. The minimum Gasteiger partial charge on any atom is -0.484 e. The molecule has 2 N–H and O–H groups in total. The maximum Gasteiger partial charge on any atom is 0.257 e. The van der Waals surface area contributed by atoms with Crippen LogP contribution in [-0.4, -0.2) is 32.1 Å². The van der Waals surface area contributed by atoms with Crippen molar-refractivity contribution in [3.05, 3.63) is 29.8 Å². The van der Waals surface area contributed by atoms with Gasteiger partial charge in [-0.15, -0.1) is 0 Å². The van der Waals surface area contributed by atoms with Gasteiger partial charge in [-0.25, -0.2) is 0 Å². The SMILES string of the molecule is Cc1cccc(OCC(=O)NCC2CCNCC2)c1. The number of hydrogen-bond donors (Lipinski definition) is 2. The summed E-state index contributed by atoms with van der Waals surface area (Å²) in [6.45, 7) is 4.97. The van der Waals surface area contributed by atoms with Crippen LogP contribution in [0.15, 0.2) is 24.3 Å². The largest absolute Gasteiger partial charge is 0.484 e. The van der Waals surface area contributed by atoms with Gasteiger partial charge in [-0.3, -0.25) is 4.79 Å². The van der Waals surface area contributed by atoms with Crippen molar-refractivity contribution in [1.82, 2.24) is 10.6 Å². The summed E-state index contributed by atoms with van der Waals surface area (Å²) in [5, 5.41) is 6.26. The van der Waals surface area contributed by atoms with Gasteiger partial charge in [-0.1, -0.05) is 12.1 Å². The molecular weight excluding hydrogens is 240 g/mol. The predicted molar refractivity (Wildman–Crippen MR) is 75.3 cm³/mol. The quantitative estimate of drug-likeness (QED) is 0.845. The number of ether oxygens (including phenoxy) is 1. The Morgan fingerprint density at radius 3 is 2.95 bits per heavy atom. The average Bonchev–Trinajstić information content (AvgIpc) is 2.44. The molecule has 1 aromatic carbocycles. The lowest BCUT2D eigenvalue weighted by Gasteiger charge is -2.22. The summed E-state index contributed by atoms with van der Waals surface area (Å²) >= 11 is 0. The maximum atomic E-state index is 11.7. The fraction of sp³-hybridized carbons (Fsp3) is 0.533. The molecule has 1 aliphatic rings. The van der Waals surface area contributed by atoms with Crippen LogP contribution in [0, 0.1) is 12.8 Å². The molecule has 104 valence electrons. The number of rotatable bonds is 5. The molecule has 1 saturated heterocycles. The molecule has 0 bridgehead atoms. The van der Waals surface area contributed by atoms with Crippen molar-refractivity contribution in [1.29, 1.82) is 0 Å². The van der Waals surface area contributed by atoms with Gasteiger partial charge in [0.2, 0.25) is 0 Å². The van der Waals surface area contributed by atoms with Crippen molar-refractivity contribution in [3.8, 4) is 5.75 Å². The van der Waals surface area contributed by atoms with Crippen molar-refractivity contribution in [2.75, 3.05) is 26.2 Å². The summed E-state index contributed by atoms with van der Waals surface area (Å²) in [7, 11) is 0. The molecule has 0 spiro atoms. The Labute approximate surface area is 114 Å². The molecule has 0 saturated carbocycles. The number of carbonyl (C=O) groups excluding carboxylic acids is 1. The van der Waals surface area contributed by atoms with E-state index in [4.69, 9.17) is 4.74 Å². The molecular formula is C15H22N2O2. The first-order chi connectivity index (χ1) is 9.24. The predicted octanol–water partition coefficient (Wildman–Crippen LogP) is 1.49. The third-order valence-electron chi connectivity index (χ3n) is 3.41. The number of carbonyl (C=O) groups is 1. The lowest BCUT2D eigenvalue weighted by Crippen LogP contribution is -2.37. The topological polar surface area (TPSA) is 50.4 Å². The van der Waals surface area contributed by atoms with Gasteiger partial charge < -0.3 is 15.4 Å². The second-order valence-corrected chi connectivity index (χ2v) is 5.10. The van der Waals surface area contributed by atoms with Gasteiger partial charge >= 0.3 is 0 Å². The molecule has 0 aromatic heterocycles. The second-order valence-electron chi connectivity index (χ2n) is 5.10. The molecule has 19 heavy (non-hydrogen) atoms. The summed E-state index contributed by atoms with van der Waals surface area (Å²) in [5.74, 6) is 1.31. The third-order valence-corrected chi connectivity index (χ3v) is 3.41. The standard InChI is InChI=1S/C15H22N2O2/c1-12-3-2-4-14(9-12)19-11-15(18)17-10-13-5-7-16-8-6-13/h2-4,9,13,16H,5-8,10-11H2,1H3,(H,17,18). The molecule has 0 unspecified atom stereocenters. The van der Waals surface area contributed by atoms with Gasteiger partial charge in [0.05, 0.1) is 0 Å².